The van der Waals surface area contributed by atoms with Crippen LogP contribution in [0.25, 0.3) is 0 Å². The van der Waals surface area contributed by atoms with E-state index in [-0.39, 0.29) is 18.8 Å². The van der Waals surface area contributed by atoms with Crippen LogP contribution in [-0.2, 0) is 19.8 Å². The lowest BCUT2D eigenvalue weighted by atomic mass is 9.84. The molecular formula is C19H38N4O5S. The summed E-state index contributed by atoms with van der Waals surface area (Å²) in [7, 11) is -4.44. The number of hydrogen-bond donors (Lipinski definition) is 4. The number of carbonyl (C=O) groups excluding carboxylic acids is 1. The van der Waals surface area contributed by atoms with Gasteiger partial charge in [0, 0.05) is 5.54 Å². The Balaban J connectivity index is 3.28. The zero-order valence-electron chi connectivity index (χ0n) is 17.9. The van der Waals surface area contributed by atoms with Gasteiger partial charge in [0.25, 0.3) is 10.2 Å². The Kier molecular flexibility index (Phi) is 10.0. The van der Waals surface area contributed by atoms with Crippen molar-refractivity contribution in [3.05, 3.63) is 0 Å². The van der Waals surface area contributed by atoms with Crippen molar-refractivity contribution in [3.63, 3.8) is 0 Å². The lowest BCUT2D eigenvalue weighted by Gasteiger charge is -2.37. The minimum Gasteiger partial charge on any atom is -0.480 e. The van der Waals surface area contributed by atoms with E-state index >= 15 is 0 Å². The van der Waals surface area contributed by atoms with Crippen LogP contribution in [0.2, 0.25) is 0 Å². The van der Waals surface area contributed by atoms with Crippen molar-refractivity contribution in [2.24, 2.45) is 16.8 Å². The predicted molar refractivity (Wildman–Crippen MR) is 112 cm³/mol. The molecule has 170 valence electrons. The number of carboxylic acids is 1. The van der Waals surface area contributed by atoms with Gasteiger partial charge in [-0.25, -0.2) is 5.14 Å². The minimum atomic E-state index is -4.44. The highest BCUT2D eigenvalue weighted by Crippen LogP contribution is 2.30. The second-order valence-corrected chi connectivity index (χ2v) is 10.5. The first-order chi connectivity index (χ1) is 13.4. The molecule has 29 heavy (non-hydrogen) atoms. The van der Waals surface area contributed by atoms with Gasteiger partial charge in [0.15, 0.2) is 0 Å². The molecule has 1 aliphatic rings. The van der Waals surface area contributed by atoms with Gasteiger partial charge in [-0.3, -0.25) is 9.59 Å². The van der Waals surface area contributed by atoms with Gasteiger partial charge in [-0.1, -0.05) is 32.1 Å². The average molecular weight is 435 g/mol. The number of amides is 1. The molecule has 0 aromatic carbocycles. The summed E-state index contributed by atoms with van der Waals surface area (Å²) in [6.07, 6.45) is 6.24. The fourth-order valence-corrected chi connectivity index (χ4v) is 5.02. The van der Waals surface area contributed by atoms with Crippen molar-refractivity contribution in [1.82, 2.24) is 9.62 Å². The van der Waals surface area contributed by atoms with E-state index in [0.29, 0.717) is 19.4 Å². The topological polar surface area (TPSA) is 156 Å². The van der Waals surface area contributed by atoms with Crippen LogP contribution in [0.15, 0.2) is 0 Å². The summed E-state index contributed by atoms with van der Waals surface area (Å²) in [5.74, 6) is -1.67. The fraction of sp³-hybridized carbons (Fsp3) is 0.895. The number of nitrogens with two attached hydrogens (primary N) is 2. The number of carboxylic acid groups (broad SMARTS) is 1. The van der Waals surface area contributed by atoms with E-state index in [1.165, 1.54) is 0 Å². The molecule has 1 amide bonds. The molecule has 0 unspecified atom stereocenters. The Morgan fingerprint density at radius 3 is 2.17 bits per heavy atom. The molecule has 0 heterocycles. The highest BCUT2D eigenvalue weighted by molar-refractivity contribution is 7.86. The molecule has 1 aliphatic carbocycles. The molecule has 1 rings (SSSR count). The lowest BCUT2D eigenvalue weighted by Crippen LogP contribution is -2.60. The minimum absolute atomic E-state index is 0.0485. The molecule has 1 fully saturated rings. The van der Waals surface area contributed by atoms with Gasteiger partial charge in [-0.05, 0) is 58.9 Å². The van der Waals surface area contributed by atoms with Crippen LogP contribution < -0.4 is 16.2 Å². The number of aliphatic carboxylic acids is 1. The maximum absolute atomic E-state index is 13.1. The standard InChI is InChI=1S/C19H38N4O5S/c1-19(2,3)22-17(24)16(13-14-9-5-4-6-10-14)23(29(21,27)28)15(18(25)26)11-7-8-12-20/h14-16H,4-13,20H2,1-3H3,(H,22,24)(H,25,26)(H2,21,27,28)/t15-,16-/m0/s1. The van der Waals surface area contributed by atoms with Crippen LogP contribution in [0.4, 0.5) is 0 Å². The van der Waals surface area contributed by atoms with E-state index in [9.17, 15) is 23.1 Å². The van der Waals surface area contributed by atoms with Gasteiger partial charge < -0.3 is 16.2 Å². The van der Waals surface area contributed by atoms with Crippen LogP contribution in [0, 0.1) is 5.92 Å². The third-order valence-corrected chi connectivity index (χ3v) is 6.30. The zero-order valence-corrected chi connectivity index (χ0v) is 18.7. The molecule has 0 aromatic heterocycles. The van der Waals surface area contributed by atoms with Gasteiger partial charge in [0.05, 0.1) is 0 Å². The first-order valence-electron chi connectivity index (χ1n) is 10.4. The van der Waals surface area contributed by atoms with E-state index in [0.717, 1.165) is 36.4 Å². The Morgan fingerprint density at radius 2 is 1.72 bits per heavy atom. The number of hydrogen-bond acceptors (Lipinski definition) is 5. The average Bonchev–Trinajstić information content (AvgIpc) is 2.58. The number of carbonyl (C=O) groups is 2. The molecule has 0 saturated heterocycles. The SMILES string of the molecule is CC(C)(C)NC(=O)[C@H](CC1CCCCC1)N([C@@H](CCCCN)C(=O)O)S(N)(=O)=O. The molecule has 10 heteroatoms. The van der Waals surface area contributed by atoms with Gasteiger partial charge in [0.2, 0.25) is 5.91 Å². The van der Waals surface area contributed by atoms with Crippen LogP contribution in [0.3, 0.4) is 0 Å². The molecule has 0 radical (unpaired) electrons. The summed E-state index contributed by atoms with van der Waals surface area (Å²) in [4.78, 5) is 25.1. The van der Waals surface area contributed by atoms with Crippen molar-refractivity contribution < 1.29 is 23.1 Å². The molecule has 0 bridgehead atoms. The molecule has 9 nitrogen and oxygen atoms in total. The highest BCUT2D eigenvalue weighted by Gasteiger charge is 2.43. The molecule has 0 aliphatic heterocycles. The molecule has 0 spiro atoms. The fourth-order valence-electron chi connectivity index (χ4n) is 3.93. The Labute approximate surface area is 174 Å². The molecule has 0 aromatic rings. The quantitative estimate of drug-likeness (QED) is 0.359. The van der Waals surface area contributed by atoms with Crippen LogP contribution in [-0.4, -0.2) is 53.9 Å². The summed E-state index contributed by atoms with van der Waals surface area (Å²) in [5.41, 5.74) is 4.89. The zero-order chi connectivity index (χ0) is 22.2. The number of rotatable bonds is 11. The summed E-state index contributed by atoms with van der Waals surface area (Å²) in [6, 6.07) is -2.57. The third-order valence-electron chi connectivity index (χ3n) is 5.21. The van der Waals surface area contributed by atoms with Crippen LogP contribution in [0.1, 0.15) is 78.6 Å². The van der Waals surface area contributed by atoms with Gasteiger partial charge >= 0.3 is 5.97 Å². The van der Waals surface area contributed by atoms with E-state index in [4.69, 9.17) is 10.9 Å². The van der Waals surface area contributed by atoms with Gasteiger partial charge in [-0.15, -0.1) is 0 Å². The maximum atomic E-state index is 13.1. The lowest BCUT2D eigenvalue weighted by molar-refractivity contribution is -0.143. The van der Waals surface area contributed by atoms with Crippen molar-refractivity contribution in [2.45, 2.75) is 96.2 Å². The third kappa shape index (κ3) is 8.98. The van der Waals surface area contributed by atoms with Crippen molar-refractivity contribution >= 4 is 22.1 Å². The first kappa shape index (κ1) is 25.8. The molecule has 1 saturated carbocycles. The second kappa shape index (κ2) is 11.2. The molecular weight excluding hydrogens is 396 g/mol. The number of nitrogens with one attached hydrogen (secondary N) is 1. The van der Waals surface area contributed by atoms with Crippen molar-refractivity contribution in [1.29, 1.82) is 0 Å². The number of unbranched alkanes of at least 4 members (excludes halogenated alkanes) is 1. The largest absolute Gasteiger partial charge is 0.480 e. The van der Waals surface area contributed by atoms with Gasteiger partial charge in [0.1, 0.15) is 12.1 Å². The highest BCUT2D eigenvalue weighted by atomic mass is 32.2. The van der Waals surface area contributed by atoms with Crippen molar-refractivity contribution in [2.75, 3.05) is 6.54 Å². The predicted octanol–water partition coefficient (Wildman–Crippen LogP) is 1.33. The van der Waals surface area contributed by atoms with E-state index in [2.05, 4.69) is 5.32 Å². The summed E-state index contributed by atoms with van der Waals surface area (Å²) >= 11 is 0. The smallest absolute Gasteiger partial charge is 0.322 e. The molecule has 2 atom stereocenters. The van der Waals surface area contributed by atoms with Crippen LogP contribution in [0.5, 0.6) is 0 Å². The van der Waals surface area contributed by atoms with Gasteiger partial charge in [-0.2, -0.15) is 12.7 Å². The molecule has 6 N–H and O–H groups in total. The normalized spacial score (nSPS) is 18.4. The summed E-state index contributed by atoms with van der Waals surface area (Å²) in [6.45, 7) is 5.75. The Hall–Kier alpha value is -1.23. The number of nitrogens with zero attached hydrogens (tertiary/aromatic N) is 1. The first-order valence-corrected chi connectivity index (χ1v) is 11.9. The second-order valence-electron chi connectivity index (χ2n) is 9.01. The van der Waals surface area contributed by atoms with E-state index in [1.807, 2.05) is 0 Å². The van der Waals surface area contributed by atoms with Crippen LogP contribution >= 0.6 is 0 Å². The summed E-state index contributed by atoms with van der Waals surface area (Å²) in [5, 5.41) is 18.0. The van der Waals surface area contributed by atoms with E-state index < -0.39 is 39.7 Å². The Morgan fingerprint density at radius 1 is 1.14 bits per heavy atom. The summed E-state index contributed by atoms with van der Waals surface area (Å²) < 4.78 is 25.7. The monoisotopic (exact) mass is 434 g/mol. The van der Waals surface area contributed by atoms with E-state index in [1.54, 1.807) is 20.8 Å². The van der Waals surface area contributed by atoms with Crippen molar-refractivity contribution in [3.8, 4) is 0 Å². The Bertz CT molecular complexity index is 641. The maximum Gasteiger partial charge on any atom is 0.322 e.